The Labute approximate surface area is 205 Å². The molecule has 1 aliphatic rings. The third-order valence-electron chi connectivity index (χ3n) is 5.49. The molecule has 0 bridgehead atoms. The van der Waals surface area contributed by atoms with Crippen LogP contribution in [-0.4, -0.2) is 50.8 Å². The van der Waals surface area contributed by atoms with Crippen LogP contribution in [0.1, 0.15) is 31.2 Å². The summed E-state index contributed by atoms with van der Waals surface area (Å²) in [5.74, 6) is -0.896. The Morgan fingerprint density at radius 1 is 1.09 bits per heavy atom. The zero-order valence-corrected chi connectivity index (χ0v) is 21.0. The van der Waals surface area contributed by atoms with Crippen LogP contribution in [-0.2, 0) is 24.8 Å². The van der Waals surface area contributed by atoms with Crippen molar-refractivity contribution in [2.45, 2.75) is 54.5 Å². The van der Waals surface area contributed by atoms with Crippen molar-refractivity contribution in [3.05, 3.63) is 71.3 Å². The van der Waals surface area contributed by atoms with Crippen LogP contribution in [0.2, 0.25) is 5.02 Å². The molecule has 0 spiro atoms. The lowest BCUT2D eigenvalue weighted by molar-refractivity contribution is -0.137. The van der Waals surface area contributed by atoms with E-state index < -0.39 is 38.1 Å². The number of carbonyl (C=O) groups is 1. The van der Waals surface area contributed by atoms with Crippen LogP contribution in [0.15, 0.2) is 70.5 Å². The van der Waals surface area contributed by atoms with Crippen LogP contribution < -0.4 is 4.72 Å². The average molecular weight is 527 g/mol. The van der Waals surface area contributed by atoms with E-state index in [0.717, 1.165) is 5.56 Å². The Morgan fingerprint density at radius 2 is 1.71 bits per heavy atom. The minimum absolute atomic E-state index is 0.0147. The molecule has 0 unspecified atom stereocenters. The maximum atomic E-state index is 13.3. The van der Waals surface area contributed by atoms with Crippen molar-refractivity contribution < 1.29 is 26.7 Å². The standard InChI is InChI=1S/C23H27ClN2O6S2/c1-17-7-11-21(12-8-17)33(29,30)25-19-15-20(5-3-2-4-6-23(27)28)26(16-19)34(31,32)22-13-9-18(24)10-14-22/h3,5,7-14,19-20,25H,2,4,6,15-16H2,1H3,(H,27,28)/b5-3-/t19-,20-/m1/s1. The molecule has 1 fully saturated rings. The van der Waals surface area contributed by atoms with E-state index in [1.54, 1.807) is 24.3 Å². The Morgan fingerprint density at radius 3 is 2.32 bits per heavy atom. The van der Waals surface area contributed by atoms with Gasteiger partial charge in [0.05, 0.1) is 9.79 Å². The zero-order chi connectivity index (χ0) is 24.9. The Hall–Kier alpha value is -2.24. The number of hydrogen-bond donors (Lipinski definition) is 2. The third kappa shape index (κ3) is 6.67. The van der Waals surface area contributed by atoms with Gasteiger partial charge in [0.15, 0.2) is 0 Å². The van der Waals surface area contributed by atoms with Crippen molar-refractivity contribution in [3.8, 4) is 0 Å². The van der Waals surface area contributed by atoms with Crippen LogP contribution in [0.3, 0.4) is 0 Å². The van der Waals surface area contributed by atoms with Crippen molar-refractivity contribution in [2.75, 3.05) is 6.54 Å². The highest BCUT2D eigenvalue weighted by molar-refractivity contribution is 7.89. The Kier molecular flexibility index (Phi) is 8.53. The smallest absolute Gasteiger partial charge is 0.303 e. The van der Waals surface area contributed by atoms with Gasteiger partial charge in [-0.25, -0.2) is 21.6 Å². The molecule has 1 heterocycles. The second-order valence-electron chi connectivity index (χ2n) is 8.18. The maximum absolute atomic E-state index is 13.3. The van der Waals surface area contributed by atoms with E-state index in [4.69, 9.17) is 16.7 Å². The number of aryl methyl sites for hydroxylation is 1. The molecule has 2 aromatic rings. The quantitative estimate of drug-likeness (QED) is 0.360. The van der Waals surface area contributed by atoms with Gasteiger partial charge in [-0.1, -0.05) is 41.4 Å². The minimum Gasteiger partial charge on any atom is -0.481 e. The highest BCUT2D eigenvalue weighted by Crippen LogP contribution is 2.29. The molecule has 2 N–H and O–H groups in total. The molecule has 2 aromatic carbocycles. The lowest BCUT2D eigenvalue weighted by Crippen LogP contribution is -2.39. The average Bonchev–Trinajstić information content (AvgIpc) is 3.16. The van der Waals surface area contributed by atoms with Gasteiger partial charge in [0.1, 0.15) is 0 Å². The molecule has 0 aromatic heterocycles. The van der Waals surface area contributed by atoms with E-state index in [1.165, 1.54) is 40.7 Å². The summed E-state index contributed by atoms with van der Waals surface area (Å²) in [5, 5.41) is 9.19. The predicted molar refractivity (Wildman–Crippen MR) is 130 cm³/mol. The second kappa shape index (κ2) is 11.0. The highest BCUT2D eigenvalue weighted by Gasteiger charge is 2.40. The van der Waals surface area contributed by atoms with E-state index in [-0.39, 0.29) is 29.2 Å². The summed E-state index contributed by atoms with van der Waals surface area (Å²) in [6, 6.07) is 11.0. The topological polar surface area (TPSA) is 121 Å². The summed E-state index contributed by atoms with van der Waals surface area (Å²) in [6.07, 6.45) is 4.60. The normalized spacial score (nSPS) is 19.6. The SMILES string of the molecule is Cc1ccc(S(=O)(=O)N[C@@H]2C[C@@H](/C=C\CCCC(=O)O)N(S(=O)(=O)c3ccc(Cl)cc3)C2)cc1. The summed E-state index contributed by atoms with van der Waals surface area (Å²) >= 11 is 5.90. The van der Waals surface area contributed by atoms with Gasteiger partial charge in [-0.15, -0.1) is 0 Å². The molecule has 0 saturated carbocycles. The van der Waals surface area contributed by atoms with Crippen molar-refractivity contribution in [3.63, 3.8) is 0 Å². The molecular formula is C23H27ClN2O6S2. The fraction of sp³-hybridized carbons (Fsp3) is 0.348. The molecule has 8 nitrogen and oxygen atoms in total. The minimum atomic E-state index is -3.93. The number of hydrogen-bond acceptors (Lipinski definition) is 5. The molecule has 184 valence electrons. The molecule has 34 heavy (non-hydrogen) atoms. The molecule has 0 aliphatic carbocycles. The molecular weight excluding hydrogens is 500 g/mol. The van der Waals surface area contributed by atoms with Gasteiger partial charge in [-0.2, -0.15) is 4.31 Å². The van der Waals surface area contributed by atoms with E-state index in [2.05, 4.69) is 4.72 Å². The summed E-state index contributed by atoms with van der Waals surface area (Å²) in [6.45, 7) is 1.81. The molecule has 2 atom stereocenters. The fourth-order valence-corrected chi connectivity index (χ4v) is 6.75. The van der Waals surface area contributed by atoms with E-state index >= 15 is 0 Å². The largest absolute Gasteiger partial charge is 0.481 e. The number of carboxylic acid groups (broad SMARTS) is 1. The van der Waals surface area contributed by atoms with Crippen molar-refractivity contribution in [1.29, 1.82) is 0 Å². The van der Waals surface area contributed by atoms with Crippen molar-refractivity contribution in [1.82, 2.24) is 9.03 Å². The highest BCUT2D eigenvalue weighted by atomic mass is 35.5. The number of halogens is 1. The number of unbranched alkanes of at least 4 members (excludes halogenated alkanes) is 1. The van der Waals surface area contributed by atoms with Gasteiger partial charge in [0, 0.05) is 30.1 Å². The van der Waals surface area contributed by atoms with Gasteiger partial charge in [0.2, 0.25) is 20.0 Å². The second-order valence-corrected chi connectivity index (χ2v) is 12.2. The van der Waals surface area contributed by atoms with E-state index in [0.29, 0.717) is 17.9 Å². The van der Waals surface area contributed by atoms with Crippen molar-refractivity contribution >= 4 is 37.6 Å². The summed E-state index contributed by atoms with van der Waals surface area (Å²) in [7, 11) is -7.77. The summed E-state index contributed by atoms with van der Waals surface area (Å²) < 4.78 is 56.3. The molecule has 11 heteroatoms. The predicted octanol–water partition coefficient (Wildman–Crippen LogP) is 3.57. The lowest BCUT2D eigenvalue weighted by Gasteiger charge is -2.22. The fourth-order valence-electron chi connectivity index (χ4n) is 3.74. The third-order valence-corrected chi connectivity index (χ3v) is 9.18. The van der Waals surface area contributed by atoms with Crippen LogP contribution >= 0.6 is 11.6 Å². The van der Waals surface area contributed by atoms with E-state index in [9.17, 15) is 21.6 Å². The molecule has 1 aliphatic heterocycles. The number of nitrogens with one attached hydrogen (secondary N) is 1. The summed E-state index contributed by atoms with van der Waals surface area (Å²) in [4.78, 5) is 10.9. The van der Waals surface area contributed by atoms with Gasteiger partial charge in [-0.3, -0.25) is 4.79 Å². The summed E-state index contributed by atoms with van der Waals surface area (Å²) in [5.41, 5.74) is 0.924. The van der Waals surface area contributed by atoms with Gasteiger partial charge >= 0.3 is 5.97 Å². The molecule has 0 amide bonds. The number of benzene rings is 2. The lowest BCUT2D eigenvalue weighted by atomic mass is 10.1. The number of rotatable bonds is 10. The Bertz CT molecular complexity index is 1240. The van der Waals surface area contributed by atoms with Crippen LogP contribution in [0, 0.1) is 6.92 Å². The maximum Gasteiger partial charge on any atom is 0.303 e. The first-order valence-corrected chi connectivity index (χ1v) is 14.0. The number of sulfonamides is 2. The van der Waals surface area contributed by atoms with Gasteiger partial charge in [0.25, 0.3) is 0 Å². The monoisotopic (exact) mass is 526 g/mol. The van der Waals surface area contributed by atoms with Gasteiger partial charge in [-0.05, 0) is 62.6 Å². The Balaban J connectivity index is 1.82. The zero-order valence-electron chi connectivity index (χ0n) is 18.6. The first-order chi connectivity index (χ1) is 16.0. The number of nitrogens with zero attached hydrogens (tertiary/aromatic N) is 1. The number of carboxylic acids is 1. The van der Waals surface area contributed by atoms with Crippen molar-refractivity contribution in [2.24, 2.45) is 0 Å². The van der Waals surface area contributed by atoms with Gasteiger partial charge < -0.3 is 5.11 Å². The van der Waals surface area contributed by atoms with E-state index in [1.807, 2.05) is 6.92 Å². The van der Waals surface area contributed by atoms with Crippen LogP contribution in [0.5, 0.6) is 0 Å². The molecule has 0 radical (unpaired) electrons. The van der Waals surface area contributed by atoms with Crippen LogP contribution in [0.25, 0.3) is 0 Å². The van der Waals surface area contributed by atoms with Crippen LogP contribution in [0.4, 0.5) is 0 Å². The first-order valence-electron chi connectivity index (χ1n) is 10.7. The molecule has 3 rings (SSSR count). The number of allylic oxidation sites excluding steroid dienone is 1. The first kappa shape index (κ1) is 26.4. The number of aliphatic carboxylic acids is 1. The molecule has 1 saturated heterocycles.